The van der Waals surface area contributed by atoms with E-state index in [9.17, 15) is 8.42 Å². The Bertz CT molecular complexity index is 623. The van der Waals surface area contributed by atoms with Crippen LogP contribution < -0.4 is 10.6 Å². The van der Waals surface area contributed by atoms with Gasteiger partial charge in [-0.15, -0.1) is 0 Å². The molecule has 0 bridgehead atoms. The first-order valence-electron chi connectivity index (χ1n) is 10.5. The van der Waals surface area contributed by atoms with Crippen LogP contribution in [0.1, 0.15) is 58.8 Å². The third-order valence-electron chi connectivity index (χ3n) is 6.77. The highest BCUT2D eigenvalue weighted by atomic mass is 32.2. The molecule has 2 unspecified atom stereocenters. The van der Waals surface area contributed by atoms with Crippen LogP contribution in [0.3, 0.4) is 0 Å². The summed E-state index contributed by atoms with van der Waals surface area (Å²) in [6, 6.07) is 0.685. The first kappa shape index (κ1) is 20.9. The van der Waals surface area contributed by atoms with E-state index in [2.05, 4.69) is 22.5 Å². The minimum absolute atomic E-state index is 0.180. The SMILES string of the molecule is CCOC1CC(NC(=NC)NC2CCN(S(=O)(=O)CC)CC2)C12CCCC2. The van der Waals surface area contributed by atoms with Crippen molar-refractivity contribution in [2.24, 2.45) is 10.4 Å². The molecule has 2 saturated carbocycles. The molecule has 0 radical (unpaired) electrons. The van der Waals surface area contributed by atoms with Gasteiger partial charge in [0.25, 0.3) is 0 Å². The lowest BCUT2D eigenvalue weighted by Gasteiger charge is -2.54. The highest BCUT2D eigenvalue weighted by Crippen LogP contribution is 2.54. The zero-order chi connectivity index (χ0) is 19.5. The van der Waals surface area contributed by atoms with Crippen molar-refractivity contribution in [1.82, 2.24) is 14.9 Å². The van der Waals surface area contributed by atoms with Gasteiger partial charge in [-0.1, -0.05) is 12.8 Å². The fourth-order valence-electron chi connectivity index (χ4n) is 5.08. The lowest BCUT2D eigenvalue weighted by atomic mass is 9.60. The number of rotatable bonds is 6. The zero-order valence-electron chi connectivity index (χ0n) is 17.0. The standard InChI is InChI=1S/C19H36N4O3S/c1-4-26-17-14-16(19(17)10-6-7-11-19)22-18(20-3)21-15-8-12-23(13-9-15)27(24,25)5-2/h15-17H,4-14H2,1-3H3,(H2,20,21,22). The molecule has 0 amide bonds. The number of hydrogen-bond acceptors (Lipinski definition) is 4. The topological polar surface area (TPSA) is 83.0 Å². The Hall–Kier alpha value is -0.860. The van der Waals surface area contributed by atoms with Crippen LogP contribution >= 0.6 is 0 Å². The van der Waals surface area contributed by atoms with Gasteiger partial charge in [0.05, 0.1) is 11.9 Å². The van der Waals surface area contributed by atoms with E-state index >= 15 is 0 Å². The van der Waals surface area contributed by atoms with E-state index in [0.717, 1.165) is 31.8 Å². The van der Waals surface area contributed by atoms with E-state index in [1.54, 1.807) is 11.2 Å². The van der Waals surface area contributed by atoms with Crippen LogP contribution in [0.2, 0.25) is 0 Å². The second-order valence-corrected chi connectivity index (χ2v) is 10.4. The van der Waals surface area contributed by atoms with Gasteiger partial charge in [-0.3, -0.25) is 4.99 Å². The predicted molar refractivity (Wildman–Crippen MR) is 108 cm³/mol. The predicted octanol–water partition coefficient (Wildman–Crippen LogP) is 1.70. The Morgan fingerprint density at radius 3 is 2.41 bits per heavy atom. The van der Waals surface area contributed by atoms with Crippen molar-refractivity contribution in [3.05, 3.63) is 0 Å². The normalized spacial score (nSPS) is 29.7. The van der Waals surface area contributed by atoms with Crippen molar-refractivity contribution in [2.75, 3.05) is 32.5 Å². The number of sulfonamides is 1. The maximum absolute atomic E-state index is 12.0. The Morgan fingerprint density at radius 1 is 1.19 bits per heavy atom. The molecule has 1 spiro atoms. The molecule has 7 nitrogen and oxygen atoms in total. The smallest absolute Gasteiger partial charge is 0.213 e. The molecule has 27 heavy (non-hydrogen) atoms. The summed E-state index contributed by atoms with van der Waals surface area (Å²) in [6.07, 6.45) is 8.11. The summed E-state index contributed by atoms with van der Waals surface area (Å²) in [4.78, 5) is 4.44. The summed E-state index contributed by atoms with van der Waals surface area (Å²) in [5.41, 5.74) is 0.270. The third-order valence-corrected chi connectivity index (χ3v) is 8.66. The van der Waals surface area contributed by atoms with E-state index in [1.165, 1.54) is 25.7 Å². The maximum Gasteiger partial charge on any atom is 0.213 e. The van der Waals surface area contributed by atoms with Crippen molar-refractivity contribution >= 4 is 16.0 Å². The van der Waals surface area contributed by atoms with Gasteiger partial charge in [0, 0.05) is 44.2 Å². The van der Waals surface area contributed by atoms with Crippen LogP contribution in [-0.2, 0) is 14.8 Å². The maximum atomic E-state index is 12.0. The first-order chi connectivity index (χ1) is 12.9. The highest BCUT2D eigenvalue weighted by molar-refractivity contribution is 7.89. The molecule has 3 rings (SSSR count). The van der Waals surface area contributed by atoms with Crippen LogP contribution in [0.4, 0.5) is 0 Å². The minimum atomic E-state index is -3.07. The number of hydrogen-bond donors (Lipinski definition) is 2. The van der Waals surface area contributed by atoms with Crippen LogP contribution in [0.5, 0.6) is 0 Å². The summed E-state index contributed by atoms with van der Waals surface area (Å²) in [5, 5.41) is 7.18. The summed E-state index contributed by atoms with van der Waals surface area (Å²) >= 11 is 0. The minimum Gasteiger partial charge on any atom is -0.378 e. The molecule has 2 atom stereocenters. The second-order valence-electron chi connectivity index (χ2n) is 8.11. The Kier molecular flexibility index (Phi) is 6.69. The number of nitrogens with zero attached hydrogens (tertiary/aromatic N) is 2. The summed E-state index contributed by atoms with van der Waals surface area (Å²) in [5.74, 6) is 1.03. The van der Waals surface area contributed by atoms with E-state index in [-0.39, 0.29) is 17.2 Å². The number of nitrogens with one attached hydrogen (secondary N) is 2. The van der Waals surface area contributed by atoms with Gasteiger partial charge >= 0.3 is 0 Å². The quantitative estimate of drug-likeness (QED) is 0.524. The third kappa shape index (κ3) is 4.27. The molecule has 0 aromatic carbocycles. The molecule has 8 heteroatoms. The van der Waals surface area contributed by atoms with Crippen LogP contribution in [0.25, 0.3) is 0 Å². The molecule has 3 fully saturated rings. The zero-order valence-corrected chi connectivity index (χ0v) is 17.9. The van der Waals surface area contributed by atoms with E-state index in [4.69, 9.17) is 4.74 Å². The molecule has 1 saturated heterocycles. The lowest BCUT2D eigenvalue weighted by molar-refractivity contribution is -0.125. The van der Waals surface area contributed by atoms with Gasteiger partial charge in [0.15, 0.2) is 5.96 Å². The molecule has 3 aliphatic rings. The number of aliphatic imine (C=N–C) groups is 1. The number of piperidine rings is 1. The fraction of sp³-hybridized carbons (Fsp3) is 0.947. The molecule has 0 aromatic heterocycles. The van der Waals surface area contributed by atoms with E-state index in [1.807, 2.05) is 7.05 Å². The van der Waals surface area contributed by atoms with Crippen LogP contribution in [0, 0.1) is 5.41 Å². The fourth-order valence-corrected chi connectivity index (χ4v) is 6.21. The molecule has 1 aliphatic heterocycles. The second kappa shape index (κ2) is 8.66. The Labute approximate surface area is 164 Å². The lowest BCUT2D eigenvalue weighted by Crippen LogP contribution is -2.65. The Balaban J connectivity index is 1.52. The van der Waals surface area contributed by atoms with Gasteiger partial charge in [0.1, 0.15) is 0 Å². The molecule has 1 heterocycles. The highest BCUT2D eigenvalue weighted by Gasteiger charge is 2.57. The van der Waals surface area contributed by atoms with Crippen molar-refractivity contribution < 1.29 is 13.2 Å². The van der Waals surface area contributed by atoms with Crippen molar-refractivity contribution in [2.45, 2.75) is 77.0 Å². The average Bonchev–Trinajstić information content (AvgIpc) is 3.20. The summed E-state index contributed by atoms with van der Waals surface area (Å²) in [6.45, 7) is 5.74. The van der Waals surface area contributed by atoms with Gasteiger partial charge < -0.3 is 15.4 Å². The molecular weight excluding hydrogens is 364 g/mol. The molecular formula is C19H36N4O3S. The molecule has 156 valence electrons. The Morgan fingerprint density at radius 2 is 1.85 bits per heavy atom. The molecule has 2 aliphatic carbocycles. The largest absolute Gasteiger partial charge is 0.378 e. The van der Waals surface area contributed by atoms with E-state index in [0.29, 0.717) is 25.2 Å². The van der Waals surface area contributed by atoms with Crippen molar-refractivity contribution in [3.8, 4) is 0 Å². The number of guanidine groups is 1. The van der Waals surface area contributed by atoms with Crippen molar-refractivity contribution in [3.63, 3.8) is 0 Å². The van der Waals surface area contributed by atoms with Crippen LogP contribution in [-0.4, -0.2) is 69.4 Å². The van der Waals surface area contributed by atoms with Gasteiger partial charge in [0.2, 0.25) is 10.0 Å². The van der Waals surface area contributed by atoms with Crippen molar-refractivity contribution in [1.29, 1.82) is 0 Å². The van der Waals surface area contributed by atoms with Gasteiger partial charge in [-0.2, -0.15) is 0 Å². The molecule has 0 aromatic rings. The number of ether oxygens (including phenoxy) is 1. The van der Waals surface area contributed by atoms with Gasteiger partial charge in [-0.25, -0.2) is 12.7 Å². The average molecular weight is 401 g/mol. The summed E-state index contributed by atoms with van der Waals surface area (Å²) in [7, 11) is -1.26. The summed E-state index contributed by atoms with van der Waals surface area (Å²) < 4.78 is 31.7. The first-order valence-corrected chi connectivity index (χ1v) is 12.2. The van der Waals surface area contributed by atoms with Crippen LogP contribution in [0.15, 0.2) is 4.99 Å². The molecule has 2 N–H and O–H groups in total. The monoisotopic (exact) mass is 400 g/mol. The van der Waals surface area contributed by atoms with Gasteiger partial charge in [-0.05, 0) is 46.0 Å². The van der Waals surface area contributed by atoms with E-state index < -0.39 is 10.0 Å².